The molecule has 3 aromatic heterocycles. The summed E-state index contributed by atoms with van der Waals surface area (Å²) >= 11 is 1.59. The first kappa shape index (κ1) is 24.4. The number of hydrogen-bond acceptors (Lipinski definition) is 4. The molecule has 0 saturated carbocycles. The third-order valence-corrected chi connectivity index (χ3v) is 13.9. The Morgan fingerprint density at radius 1 is 1.08 bits per heavy atom. The summed E-state index contributed by atoms with van der Waals surface area (Å²) in [7, 11) is -1.87. The van der Waals surface area contributed by atoms with Crippen LogP contribution in [0.2, 0.25) is 18.1 Å². The van der Waals surface area contributed by atoms with Gasteiger partial charge in [-0.25, -0.2) is 0 Å². The second-order valence-electron chi connectivity index (χ2n) is 11.8. The van der Waals surface area contributed by atoms with Gasteiger partial charge >= 0.3 is 0 Å². The molecule has 8 heteroatoms. The summed E-state index contributed by atoms with van der Waals surface area (Å²) in [5, 5.41) is 6.76. The molecule has 2 aliphatic heterocycles. The fourth-order valence-corrected chi connectivity index (χ4v) is 7.34. The van der Waals surface area contributed by atoms with Crippen LogP contribution in [0, 0.1) is 5.92 Å². The maximum absolute atomic E-state index is 13.4. The highest BCUT2D eigenvalue weighted by atomic mass is 32.1. The molecule has 0 aliphatic carbocycles. The highest BCUT2D eigenvalue weighted by Crippen LogP contribution is 2.43. The van der Waals surface area contributed by atoms with Crippen LogP contribution in [0.5, 0.6) is 0 Å². The van der Waals surface area contributed by atoms with E-state index in [0.717, 1.165) is 63.9 Å². The molecule has 6 nitrogen and oxygen atoms in total. The highest BCUT2D eigenvalue weighted by Gasteiger charge is 2.40. The van der Waals surface area contributed by atoms with Crippen LogP contribution in [0.1, 0.15) is 44.0 Å². The predicted molar refractivity (Wildman–Crippen MR) is 153 cm³/mol. The van der Waals surface area contributed by atoms with Crippen molar-refractivity contribution in [3.63, 3.8) is 0 Å². The molecule has 0 spiro atoms. The number of carbonyl (C=O) groups excluding carboxylic acids is 2. The van der Waals surface area contributed by atoms with E-state index >= 15 is 0 Å². The number of fused-ring (bicyclic) bond motifs is 4. The second-order valence-corrected chi connectivity index (χ2v) is 17.5. The molecule has 2 aliphatic rings. The van der Waals surface area contributed by atoms with Crippen LogP contribution in [0.15, 0.2) is 41.9 Å². The molecule has 1 aromatic carbocycles. The molecule has 2 amide bonds. The van der Waals surface area contributed by atoms with Gasteiger partial charge in [0.25, 0.3) is 11.8 Å². The lowest BCUT2D eigenvalue weighted by Gasteiger charge is -2.38. The van der Waals surface area contributed by atoms with E-state index in [1.807, 2.05) is 29.8 Å². The maximum atomic E-state index is 13.4. The Bertz CT molecular complexity index is 1600. The van der Waals surface area contributed by atoms with Crippen LogP contribution in [-0.2, 0) is 27.0 Å². The van der Waals surface area contributed by atoms with Gasteiger partial charge in [-0.1, -0.05) is 39.0 Å². The minimum Gasteiger partial charge on any atom is -0.417 e. The average Bonchev–Trinajstić information content (AvgIpc) is 3.59. The lowest BCUT2D eigenvalue weighted by molar-refractivity contribution is -0.122. The van der Waals surface area contributed by atoms with Crippen molar-refractivity contribution in [2.24, 2.45) is 5.92 Å². The van der Waals surface area contributed by atoms with E-state index in [1.165, 1.54) is 0 Å². The molecule has 192 valence electrons. The second kappa shape index (κ2) is 8.54. The number of aromatic amines is 1. The Kier molecular flexibility index (Phi) is 5.63. The molecule has 1 atom stereocenters. The zero-order valence-electron chi connectivity index (χ0n) is 22.0. The number of nitrogens with one attached hydrogen (secondary N) is 2. The maximum Gasteiger partial charge on any atom is 0.259 e. The van der Waals surface area contributed by atoms with Gasteiger partial charge in [0.2, 0.25) is 0 Å². The fourth-order valence-electron chi connectivity index (χ4n) is 5.48. The van der Waals surface area contributed by atoms with Gasteiger partial charge in [-0.3, -0.25) is 14.9 Å². The van der Waals surface area contributed by atoms with Crippen molar-refractivity contribution in [3.8, 4) is 0 Å². The number of rotatable bonds is 5. The van der Waals surface area contributed by atoms with Crippen LogP contribution in [-0.4, -0.2) is 36.3 Å². The van der Waals surface area contributed by atoms with Crippen LogP contribution in [0.4, 0.5) is 0 Å². The molecule has 2 N–H and O–H groups in total. The molecule has 4 aromatic rings. The van der Waals surface area contributed by atoms with E-state index in [2.05, 4.69) is 60.9 Å². The molecule has 0 bridgehead atoms. The van der Waals surface area contributed by atoms with Crippen molar-refractivity contribution in [2.45, 2.75) is 58.3 Å². The van der Waals surface area contributed by atoms with Gasteiger partial charge in [0.1, 0.15) is 4.83 Å². The molecule has 0 radical (unpaired) electrons. The van der Waals surface area contributed by atoms with Crippen LogP contribution >= 0.6 is 11.3 Å². The van der Waals surface area contributed by atoms with Crippen molar-refractivity contribution in [2.75, 3.05) is 6.61 Å². The Morgan fingerprint density at radius 3 is 2.62 bits per heavy atom. The number of imide groups is 1. The molecule has 6 rings (SSSR count). The smallest absolute Gasteiger partial charge is 0.259 e. The van der Waals surface area contributed by atoms with Crippen molar-refractivity contribution in [1.29, 1.82) is 0 Å². The van der Waals surface area contributed by atoms with E-state index in [9.17, 15) is 9.59 Å². The Labute approximate surface area is 221 Å². The zero-order valence-corrected chi connectivity index (χ0v) is 23.8. The summed E-state index contributed by atoms with van der Waals surface area (Å²) in [6.45, 7) is 13.0. The molecule has 0 fully saturated rings. The lowest BCUT2D eigenvalue weighted by atomic mass is 9.89. The normalized spacial score (nSPS) is 18.8. The van der Waals surface area contributed by atoms with Crippen molar-refractivity contribution in [1.82, 2.24) is 14.9 Å². The zero-order chi connectivity index (χ0) is 26.1. The summed E-state index contributed by atoms with van der Waals surface area (Å²) < 4.78 is 8.98. The third-order valence-electron chi connectivity index (χ3n) is 8.56. The van der Waals surface area contributed by atoms with Gasteiger partial charge in [-0.15, -0.1) is 11.3 Å². The number of thiophene rings is 1. The molecule has 0 saturated heterocycles. The quantitative estimate of drug-likeness (QED) is 0.233. The topological polar surface area (TPSA) is 76.1 Å². The fraction of sp³-hybridized carbons (Fsp3) is 0.379. The summed E-state index contributed by atoms with van der Waals surface area (Å²) in [5.74, 6) is -0.280. The first-order chi connectivity index (χ1) is 17.6. The number of aromatic nitrogens is 2. The van der Waals surface area contributed by atoms with E-state index in [1.54, 1.807) is 11.3 Å². The van der Waals surface area contributed by atoms with Gasteiger partial charge < -0.3 is 14.0 Å². The largest absolute Gasteiger partial charge is 0.417 e. The predicted octanol–water partition coefficient (Wildman–Crippen LogP) is 6.34. The Morgan fingerprint density at radius 2 is 1.84 bits per heavy atom. The Balaban J connectivity index is 1.48. The standard InChI is InChI=1S/C29H33N3O3SSi/c1-29(2,3)37(4,5)35-16-17-10-12-32-21-9-7-6-8-19(21)23(22(32)14-17)25-24(26(33)31-27(25)34)20-15-30-28-18(20)11-13-36-28/h6-9,11,13,15,17,30H,10,12,14,16H2,1-5H3,(H,31,33,34). The molecule has 5 heterocycles. The van der Waals surface area contributed by atoms with Gasteiger partial charge in [-0.05, 0) is 54.4 Å². The monoisotopic (exact) mass is 531 g/mol. The van der Waals surface area contributed by atoms with E-state index in [4.69, 9.17) is 4.43 Å². The van der Waals surface area contributed by atoms with E-state index in [0.29, 0.717) is 17.1 Å². The number of hydrogen-bond donors (Lipinski definition) is 2. The van der Waals surface area contributed by atoms with Gasteiger partial charge in [0.05, 0.1) is 11.1 Å². The van der Waals surface area contributed by atoms with Crippen molar-refractivity contribution < 1.29 is 14.0 Å². The summed E-state index contributed by atoms with van der Waals surface area (Å²) in [6.07, 6.45) is 3.71. The number of nitrogens with zero attached hydrogens (tertiary/aromatic N) is 1. The summed E-state index contributed by atoms with van der Waals surface area (Å²) in [6, 6.07) is 10.3. The number of benzene rings is 1. The third kappa shape index (κ3) is 3.85. The number of amides is 2. The Hall–Kier alpha value is -2.94. The molecular formula is C29H33N3O3SSi. The minimum atomic E-state index is -1.87. The van der Waals surface area contributed by atoms with E-state index in [-0.39, 0.29) is 16.9 Å². The molecule has 37 heavy (non-hydrogen) atoms. The number of aryl methyl sites for hydroxylation is 1. The first-order valence-corrected chi connectivity index (χ1v) is 16.7. The van der Waals surface area contributed by atoms with Crippen molar-refractivity contribution in [3.05, 3.63) is 58.7 Å². The molecule has 1 unspecified atom stereocenters. The van der Waals surface area contributed by atoms with E-state index < -0.39 is 8.32 Å². The van der Waals surface area contributed by atoms with Crippen LogP contribution in [0.3, 0.4) is 0 Å². The SMILES string of the molecule is CC(C)(C)[Si](C)(C)OCC1CCn2c(c(C3=C(c4c[nH]c5sccc45)C(=O)NC3=O)c3ccccc32)C1. The van der Waals surface area contributed by atoms with Crippen LogP contribution < -0.4 is 5.32 Å². The van der Waals surface area contributed by atoms with Crippen LogP contribution in [0.25, 0.3) is 32.3 Å². The molecular weight excluding hydrogens is 498 g/mol. The lowest BCUT2D eigenvalue weighted by Crippen LogP contribution is -2.42. The summed E-state index contributed by atoms with van der Waals surface area (Å²) in [5.41, 5.74) is 4.89. The first-order valence-electron chi connectivity index (χ1n) is 13.0. The van der Waals surface area contributed by atoms with Crippen molar-refractivity contribution >= 4 is 63.7 Å². The highest BCUT2D eigenvalue weighted by molar-refractivity contribution is 7.16. The summed E-state index contributed by atoms with van der Waals surface area (Å²) in [4.78, 5) is 30.9. The number of H-pyrrole nitrogens is 1. The minimum absolute atomic E-state index is 0.160. The number of carbonyl (C=O) groups is 2. The van der Waals surface area contributed by atoms with Gasteiger partial charge in [0.15, 0.2) is 8.32 Å². The average molecular weight is 532 g/mol. The number of para-hydroxylation sites is 1. The van der Waals surface area contributed by atoms with Gasteiger partial charge in [-0.2, -0.15) is 0 Å². The van der Waals surface area contributed by atoms with Gasteiger partial charge in [0, 0.05) is 52.5 Å².